The molecule has 0 aliphatic heterocycles. The van der Waals surface area contributed by atoms with Crippen LogP contribution in [-0.4, -0.2) is 10.8 Å². The molecule has 0 aliphatic rings. The Hall–Kier alpha value is -2.02. The van der Waals surface area contributed by atoms with Crippen molar-refractivity contribution in [3.8, 4) is 0 Å². The van der Waals surface area contributed by atoms with E-state index in [2.05, 4.69) is 79.7 Å². The maximum atomic E-state index is 12.7. The third-order valence-corrected chi connectivity index (χ3v) is 10.0. The zero-order valence-electron chi connectivity index (χ0n) is 14.9. The van der Waals surface area contributed by atoms with E-state index in [0.29, 0.717) is 0 Å². The van der Waals surface area contributed by atoms with Gasteiger partial charge in [-0.2, -0.15) is 0 Å². The minimum atomic E-state index is -2.19. The summed E-state index contributed by atoms with van der Waals surface area (Å²) in [4.78, 5) is 12.7. The minimum absolute atomic E-state index is 0.128. The van der Waals surface area contributed by atoms with Gasteiger partial charge < -0.3 is 17.4 Å². The van der Waals surface area contributed by atoms with E-state index in [-0.39, 0.29) is 10.8 Å². The zero-order chi connectivity index (χ0) is 18.4. The van der Waals surface area contributed by atoms with Crippen LogP contribution in [0.25, 0.3) is 0 Å². The molecule has 0 spiro atoms. The van der Waals surface area contributed by atoms with Gasteiger partial charge in [-0.3, -0.25) is 0 Å². The van der Waals surface area contributed by atoms with Crippen molar-refractivity contribution in [2.24, 2.45) is 0 Å². The molecule has 26 heavy (non-hydrogen) atoms. The van der Waals surface area contributed by atoms with E-state index in [1.54, 1.807) is 0 Å². The molecule has 1 atom stereocenters. The molecule has 0 fully saturated rings. The molecule has 132 valence electrons. The Kier molecular flexibility index (Phi) is 6.19. The molecular formula is C23H23OPS. The Morgan fingerprint density at radius 2 is 1.12 bits per heavy atom. The van der Waals surface area contributed by atoms with Crippen LogP contribution >= 0.6 is 7.26 Å². The monoisotopic (exact) mass is 378 g/mol. The maximum absolute atomic E-state index is 12.7. The molecule has 1 unspecified atom stereocenters. The van der Waals surface area contributed by atoms with Crippen molar-refractivity contribution in [2.75, 3.05) is 0 Å². The molecule has 0 bridgehead atoms. The van der Waals surface area contributed by atoms with Crippen molar-refractivity contribution in [3.63, 3.8) is 0 Å². The second kappa shape index (κ2) is 8.58. The predicted molar refractivity (Wildman–Crippen MR) is 116 cm³/mol. The summed E-state index contributed by atoms with van der Waals surface area (Å²) >= 11 is 5.30. The number of benzene rings is 3. The summed E-state index contributed by atoms with van der Waals surface area (Å²) in [6, 6.07) is 31.4. The van der Waals surface area contributed by atoms with Gasteiger partial charge in [0.05, 0.1) is 5.12 Å². The van der Waals surface area contributed by atoms with E-state index in [1.165, 1.54) is 15.9 Å². The van der Waals surface area contributed by atoms with Crippen molar-refractivity contribution in [3.05, 3.63) is 91.0 Å². The van der Waals surface area contributed by atoms with E-state index in [9.17, 15) is 4.79 Å². The first kappa shape index (κ1) is 18.8. The molecule has 0 amide bonds. The molecule has 0 heterocycles. The van der Waals surface area contributed by atoms with Crippen LogP contribution in [0.15, 0.2) is 91.0 Å². The van der Waals surface area contributed by atoms with Gasteiger partial charge in [0.1, 0.15) is 28.8 Å². The van der Waals surface area contributed by atoms with Gasteiger partial charge in [-0.25, -0.2) is 0 Å². The third-order valence-electron chi connectivity index (χ3n) is 4.79. The number of carbonyl (C=O) groups is 1. The molecule has 0 aliphatic carbocycles. The second-order valence-electron chi connectivity index (χ2n) is 6.35. The molecule has 3 aromatic carbocycles. The van der Waals surface area contributed by atoms with E-state index in [1.807, 2.05) is 18.2 Å². The highest BCUT2D eigenvalue weighted by atomic mass is 32.1. The predicted octanol–water partition coefficient (Wildman–Crippen LogP) is 4.22. The van der Waals surface area contributed by atoms with Gasteiger partial charge in [0, 0.05) is 0 Å². The largest absolute Gasteiger partial charge is 0.738 e. The van der Waals surface area contributed by atoms with Crippen molar-refractivity contribution in [2.45, 2.75) is 25.4 Å². The van der Waals surface area contributed by atoms with Crippen LogP contribution in [0.1, 0.15) is 19.8 Å². The lowest BCUT2D eigenvalue weighted by Gasteiger charge is -2.35. The third kappa shape index (κ3) is 3.45. The number of rotatable bonds is 7. The van der Waals surface area contributed by atoms with Gasteiger partial charge >= 0.3 is 0 Å². The standard InChI is InChI=1S/C23H23OPS/c1-2-12-22(23(24)26)25(19-13-6-3-7-14-19,20-15-8-4-9-16-20)21-17-10-5-11-18-21/h3-11,13-18,22H,2,12H2,1H3. The van der Waals surface area contributed by atoms with Crippen molar-refractivity contribution < 1.29 is 4.79 Å². The Morgan fingerprint density at radius 3 is 1.38 bits per heavy atom. The van der Waals surface area contributed by atoms with Gasteiger partial charge in [0.25, 0.3) is 0 Å². The number of carbonyl (C=O) groups excluding carboxylic acids is 1. The van der Waals surface area contributed by atoms with E-state index in [4.69, 9.17) is 12.6 Å². The first-order valence-corrected chi connectivity index (χ1v) is 11.2. The Morgan fingerprint density at radius 1 is 0.769 bits per heavy atom. The SMILES string of the molecule is CCCC(C(=O)[S-])[P+](c1ccccc1)(c1ccccc1)c1ccccc1. The van der Waals surface area contributed by atoms with Crippen LogP contribution in [0.4, 0.5) is 0 Å². The summed E-state index contributed by atoms with van der Waals surface area (Å²) in [6.45, 7) is 2.13. The van der Waals surface area contributed by atoms with Crippen LogP contribution in [0.5, 0.6) is 0 Å². The molecular weight excluding hydrogens is 355 g/mol. The van der Waals surface area contributed by atoms with Gasteiger partial charge in [-0.1, -0.05) is 67.9 Å². The summed E-state index contributed by atoms with van der Waals surface area (Å²) in [7, 11) is -2.19. The van der Waals surface area contributed by atoms with Crippen LogP contribution in [0.2, 0.25) is 0 Å². The van der Waals surface area contributed by atoms with Gasteiger partial charge in [0.15, 0.2) is 0 Å². The fraction of sp³-hybridized carbons (Fsp3) is 0.174. The first-order chi connectivity index (χ1) is 12.7. The van der Waals surface area contributed by atoms with E-state index in [0.717, 1.165) is 12.8 Å². The van der Waals surface area contributed by atoms with Gasteiger partial charge in [-0.15, -0.1) is 0 Å². The minimum Gasteiger partial charge on any atom is -0.738 e. The van der Waals surface area contributed by atoms with Gasteiger partial charge in [-0.05, 0) is 42.8 Å². The van der Waals surface area contributed by atoms with Crippen molar-refractivity contribution in [1.29, 1.82) is 0 Å². The van der Waals surface area contributed by atoms with E-state index < -0.39 is 7.26 Å². The summed E-state index contributed by atoms with van der Waals surface area (Å²) in [6.07, 6.45) is 1.73. The fourth-order valence-electron chi connectivity index (χ4n) is 3.72. The summed E-state index contributed by atoms with van der Waals surface area (Å²) in [5.74, 6) is 0. The maximum Gasteiger partial charge on any atom is 0.120 e. The molecule has 3 rings (SSSR count). The molecule has 3 aromatic rings. The van der Waals surface area contributed by atoms with Crippen molar-refractivity contribution in [1.82, 2.24) is 0 Å². The summed E-state index contributed by atoms with van der Waals surface area (Å²) in [5.41, 5.74) is -0.185. The van der Waals surface area contributed by atoms with Crippen LogP contribution in [0.3, 0.4) is 0 Å². The molecule has 0 saturated carbocycles. The van der Waals surface area contributed by atoms with Crippen LogP contribution < -0.4 is 15.9 Å². The Balaban J connectivity index is 2.40. The Labute approximate surface area is 162 Å². The molecule has 0 aromatic heterocycles. The molecule has 1 nitrogen and oxygen atoms in total. The second-order valence-corrected chi connectivity index (χ2v) is 10.4. The lowest BCUT2D eigenvalue weighted by atomic mass is 10.3. The zero-order valence-corrected chi connectivity index (χ0v) is 16.6. The fourth-order valence-corrected chi connectivity index (χ4v) is 9.17. The number of hydrogen-bond acceptors (Lipinski definition) is 2. The molecule has 0 radical (unpaired) electrons. The lowest BCUT2D eigenvalue weighted by molar-refractivity contribution is -0.110. The lowest BCUT2D eigenvalue weighted by Crippen LogP contribution is -2.42. The van der Waals surface area contributed by atoms with Crippen LogP contribution in [0, 0.1) is 0 Å². The molecule has 3 heteroatoms. The quantitative estimate of drug-likeness (QED) is 0.452. The molecule has 0 N–H and O–H groups in total. The smallest absolute Gasteiger partial charge is 0.120 e. The number of hydrogen-bond donors (Lipinski definition) is 0. The highest BCUT2D eigenvalue weighted by molar-refractivity contribution is 7.98. The average molecular weight is 378 g/mol. The highest BCUT2D eigenvalue weighted by Crippen LogP contribution is 2.61. The normalized spacial score (nSPS) is 12.5. The average Bonchev–Trinajstić information content (AvgIpc) is 2.70. The first-order valence-electron chi connectivity index (χ1n) is 8.97. The van der Waals surface area contributed by atoms with Crippen LogP contribution in [-0.2, 0) is 17.4 Å². The van der Waals surface area contributed by atoms with E-state index >= 15 is 0 Å². The summed E-state index contributed by atoms with van der Waals surface area (Å²) < 4.78 is 0. The topological polar surface area (TPSA) is 17.1 Å². The van der Waals surface area contributed by atoms with Gasteiger partial charge in [0.2, 0.25) is 0 Å². The highest BCUT2D eigenvalue weighted by Gasteiger charge is 2.52. The molecule has 0 saturated heterocycles. The van der Waals surface area contributed by atoms with Crippen molar-refractivity contribution >= 4 is 40.9 Å². The summed E-state index contributed by atoms with van der Waals surface area (Å²) in [5, 5.41) is 3.52. The Bertz CT molecular complexity index is 737.